The van der Waals surface area contributed by atoms with Crippen molar-refractivity contribution in [2.45, 2.75) is 24.5 Å². The van der Waals surface area contributed by atoms with E-state index in [1.54, 1.807) is 7.11 Å². The molecule has 0 unspecified atom stereocenters. The topological polar surface area (TPSA) is 47.0 Å². The van der Waals surface area contributed by atoms with Gasteiger partial charge in [0.2, 0.25) is 11.8 Å². The third kappa shape index (κ3) is 2.58. The highest BCUT2D eigenvalue weighted by atomic mass is 32.2. The number of aryl methyl sites for hydroxylation is 1. The zero-order chi connectivity index (χ0) is 11.6. The predicted octanol–water partition coefficient (Wildman–Crippen LogP) is 2.10. The SMILES string of the molecule is COc1cc(C)nc(NCC2(SC)CC2)n1. The van der Waals surface area contributed by atoms with Crippen molar-refractivity contribution >= 4 is 17.7 Å². The molecule has 0 amide bonds. The second-order valence-electron chi connectivity index (χ2n) is 4.12. The number of hydrogen-bond donors (Lipinski definition) is 1. The quantitative estimate of drug-likeness (QED) is 0.852. The Bertz CT molecular complexity index is 379. The fourth-order valence-electron chi connectivity index (χ4n) is 1.56. The number of thioether (sulfide) groups is 1. The number of ether oxygens (including phenoxy) is 1. The standard InChI is InChI=1S/C11H17N3OS/c1-8-6-9(15-2)14-10(13-8)12-7-11(16-3)4-5-11/h6H,4-5,7H2,1-3H3,(H,12,13,14). The van der Waals surface area contributed by atoms with Gasteiger partial charge in [-0.2, -0.15) is 16.7 Å². The predicted molar refractivity (Wildman–Crippen MR) is 67.3 cm³/mol. The fraction of sp³-hybridized carbons (Fsp3) is 0.636. The maximum atomic E-state index is 5.11. The summed E-state index contributed by atoms with van der Waals surface area (Å²) in [6.07, 6.45) is 4.72. The Labute approximate surface area is 100 Å². The molecule has 1 aromatic rings. The normalized spacial score (nSPS) is 16.9. The first-order valence-corrected chi connectivity index (χ1v) is 6.59. The summed E-state index contributed by atoms with van der Waals surface area (Å²) in [6, 6.07) is 1.83. The molecule has 1 fully saturated rings. The highest BCUT2D eigenvalue weighted by molar-refractivity contribution is 8.00. The zero-order valence-electron chi connectivity index (χ0n) is 9.91. The number of aromatic nitrogens is 2. The summed E-state index contributed by atoms with van der Waals surface area (Å²) in [5.74, 6) is 1.28. The molecule has 1 N–H and O–H groups in total. The first kappa shape index (κ1) is 11.5. The van der Waals surface area contributed by atoms with Crippen molar-refractivity contribution in [2.75, 3.05) is 25.2 Å². The summed E-state index contributed by atoms with van der Waals surface area (Å²) in [7, 11) is 1.62. The van der Waals surface area contributed by atoms with E-state index in [9.17, 15) is 0 Å². The number of nitrogens with zero attached hydrogens (tertiary/aromatic N) is 2. The number of methoxy groups -OCH3 is 1. The molecule has 0 bridgehead atoms. The van der Waals surface area contributed by atoms with E-state index in [2.05, 4.69) is 21.5 Å². The van der Waals surface area contributed by atoms with Crippen molar-refractivity contribution in [2.24, 2.45) is 0 Å². The van der Waals surface area contributed by atoms with Gasteiger partial charge in [0.25, 0.3) is 0 Å². The van der Waals surface area contributed by atoms with Crippen LogP contribution in [-0.4, -0.2) is 34.6 Å². The van der Waals surface area contributed by atoms with Crippen LogP contribution in [0.2, 0.25) is 0 Å². The molecule has 2 rings (SSSR count). The van der Waals surface area contributed by atoms with Crippen molar-refractivity contribution in [3.8, 4) is 5.88 Å². The smallest absolute Gasteiger partial charge is 0.226 e. The Morgan fingerprint density at radius 1 is 1.50 bits per heavy atom. The van der Waals surface area contributed by atoms with E-state index in [0.29, 0.717) is 16.6 Å². The summed E-state index contributed by atoms with van der Waals surface area (Å²) in [5, 5.41) is 3.29. The molecule has 0 saturated heterocycles. The van der Waals surface area contributed by atoms with Crippen molar-refractivity contribution in [1.82, 2.24) is 9.97 Å². The Morgan fingerprint density at radius 3 is 2.81 bits per heavy atom. The molecule has 88 valence electrons. The lowest BCUT2D eigenvalue weighted by Gasteiger charge is -2.13. The van der Waals surface area contributed by atoms with Crippen LogP contribution in [0.15, 0.2) is 6.07 Å². The van der Waals surface area contributed by atoms with Crippen LogP contribution in [-0.2, 0) is 0 Å². The fourth-order valence-corrected chi connectivity index (χ4v) is 2.28. The Hall–Kier alpha value is -0.970. The van der Waals surface area contributed by atoms with Gasteiger partial charge in [-0.1, -0.05) is 0 Å². The second kappa shape index (κ2) is 4.49. The van der Waals surface area contributed by atoms with Crippen LogP contribution in [0.25, 0.3) is 0 Å². The summed E-state index contributed by atoms with van der Waals surface area (Å²) in [4.78, 5) is 8.60. The van der Waals surface area contributed by atoms with Crippen LogP contribution in [0.5, 0.6) is 5.88 Å². The third-order valence-electron chi connectivity index (χ3n) is 2.85. The molecule has 5 heteroatoms. The molecule has 0 atom stereocenters. The first-order valence-electron chi connectivity index (χ1n) is 5.36. The van der Waals surface area contributed by atoms with E-state index in [4.69, 9.17) is 4.74 Å². The monoisotopic (exact) mass is 239 g/mol. The minimum atomic E-state index is 0.417. The minimum absolute atomic E-state index is 0.417. The van der Waals surface area contributed by atoms with Crippen LogP contribution in [0.4, 0.5) is 5.95 Å². The molecule has 1 aromatic heterocycles. The molecule has 4 nitrogen and oxygen atoms in total. The summed E-state index contributed by atoms with van der Waals surface area (Å²) in [6.45, 7) is 2.87. The largest absolute Gasteiger partial charge is 0.481 e. The average Bonchev–Trinajstić information content (AvgIpc) is 3.06. The lowest BCUT2D eigenvalue weighted by Crippen LogP contribution is -2.19. The van der Waals surface area contributed by atoms with Crippen LogP contribution >= 0.6 is 11.8 Å². The Morgan fingerprint density at radius 2 is 2.25 bits per heavy atom. The lowest BCUT2D eigenvalue weighted by molar-refractivity contribution is 0.397. The van der Waals surface area contributed by atoms with Crippen molar-refractivity contribution in [3.63, 3.8) is 0 Å². The first-order chi connectivity index (χ1) is 7.67. The molecular formula is C11H17N3OS. The highest BCUT2D eigenvalue weighted by Crippen LogP contribution is 2.46. The van der Waals surface area contributed by atoms with Crippen molar-refractivity contribution < 1.29 is 4.74 Å². The zero-order valence-corrected chi connectivity index (χ0v) is 10.7. The molecule has 0 aromatic carbocycles. The molecular weight excluding hydrogens is 222 g/mol. The van der Waals surface area contributed by atoms with Gasteiger partial charge in [-0.3, -0.25) is 0 Å². The Balaban J connectivity index is 2.01. The number of anilines is 1. The van der Waals surface area contributed by atoms with E-state index >= 15 is 0 Å². The van der Waals surface area contributed by atoms with Crippen molar-refractivity contribution in [3.05, 3.63) is 11.8 Å². The average molecular weight is 239 g/mol. The second-order valence-corrected chi connectivity index (χ2v) is 5.39. The molecule has 16 heavy (non-hydrogen) atoms. The minimum Gasteiger partial charge on any atom is -0.481 e. The number of nitrogens with one attached hydrogen (secondary N) is 1. The van der Waals surface area contributed by atoms with E-state index in [1.165, 1.54) is 12.8 Å². The molecule has 1 aliphatic rings. The van der Waals surface area contributed by atoms with Crippen molar-refractivity contribution in [1.29, 1.82) is 0 Å². The van der Waals surface area contributed by atoms with Gasteiger partial charge in [-0.25, -0.2) is 4.98 Å². The van der Waals surface area contributed by atoms with Gasteiger partial charge in [-0.15, -0.1) is 0 Å². The lowest BCUT2D eigenvalue weighted by atomic mass is 10.4. The molecule has 0 aliphatic heterocycles. The summed E-state index contributed by atoms with van der Waals surface area (Å²) >= 11 is 1.92. The highest BCUT2D eigenvalue weighted by Gasteiger charge is 2.41. The summed E-state index contributed by atoms with van der Waals surface area (Å²) in [5.41, 5.74) is 0.920. The molecule has 1 heterocycles. The molecule has 1 saturated carbocycles. The molecule has 0 radical (unpaired) electrons. The maximum absolute atomic E-state index is 5.11. The van der Waals surface area contributed by atoms with Gasteiger partial charge in [0.15, 0.2) is 0 Å². The van der Waals surface area contributed by atoms with E-state index in [1.807, 2.05) is 24.8 Å². The van der Waals surface area contributed by atoms with Crippen LogP contribution in [0.3, 0.4) is 0 Å². The number of rotatable bonds is 5. The van der Waals surface area contributed by atoms with Gasteiger partial charge in [0, 0.05) is 23.1 Å². The summed E-state index contributed by atoms with van der Waals surface area (Å²) < 4.78 is 5.53. The molecule has 1 aliphatic carbocycles. The Kier molecular flexibility index (Phi) is 3.23. The third-order valence-corrected chi connectivity index (χ3v) is 4.27. The maximum Gasteiger partial charge on any atom is 0.226 e. The molecule has 0 spiro atoms. The van der Waals surface area contributed by atoms with Crippen LogP contribution in [0, 0.1) is 6.92 Å². The number of hydrogen-bond acceptors (Lipinski definition) is 5. The van der Waals surface area contributed by atoms with E-state index in [-0.39, 0.29) is 0 Å². The van der Waals surface area contributed by atoms with Gasteiger partial charge in [-0.05, 0) is 26.0 Å². The van der Waals surface area contributed by atoms with Gasteiger partial charge in [0.05, 0.1) is 7.11 Å². The van der Waals surface area contributed by atoms with E-state index in [0.717, 1.165) is 12.2 Å². The van der Waals surface area contributed by atoms with E-state index < -0.39 is 0 Å². The van der Waals surface area contributed by atoms with Gasteiger partial charge in [0.1, 0.15) is 0 Å². The van der Waals surface area contributed by atoms with Gasteiger partial charge >= 0.3 is 0 Å². The van der Waals surface area contributed by atoms with Gasteiger partial charge < -0.3 is 10.1 Å². The van der Waals surface area contributed by atoms with Crippen LogP contribution < -0.4 is 10.1 Å². The van der Waals surface area contributed by atoms with Crippen LogP contribution in [0.1, 0.15) is 18.5 Å².